The molecule has 1 amide bonds. The Labute approximate surface area is 138 Å². The first-order valence-electron chi connectivity index (χ1n) is 8.54. The molecule has 0 aliphatic carbocycles. The number of carboxylic acids is 1. The van der Waals surface area contributed by atoms with E-state index in [9.17, 15) is 9.59 Å². The lowest BCUT2D eigenvalue weighted by Crippen LogP contribution is -2.40. The Bertz CT molecular complexity index is 528. The summed E-state index contributed by atoms with van der Waals surface area (Å²) in [4.78, 5) is 25.0. The lowest BCUT2D eigenvalue weighted by molar-refractivity contribution is -0.145. The van der Waals surface area contributed by atoms with Gasteiger partial charge in [0.1, 0.15) is 0 Å². The molecule has 1 aromatic carbocycles. The number of likely N-dealkylation sites (tertiary alicyclic amines) is 1. The molecule has 0 bridgehead atoms. The Balaban J connectivity index is 1.77. The number of carboxylic acid groups (broad SMARTS) is 1. The van der Waals surface area contributed by atoms with Gasteiger partial charge in [0.05, 0.1) is 5.92 Å². The number of amides is 1. The van der Waals surface area contributed by atoms with E-state index in [2.05, 4.69) is 38.1 Å². The van der Waals surface area contributed by atoms with Crippen molar-refractivity contribution in [2.75, 3.05) is 13.1 Å². The summed E-state index contributed by atoms with van der Waals surface area (Å²) < 4.78 is 0. The molecule has 4 nitrogen and oxygen atoms in total. The summed E-state index contributed by atoms with van der Waals surface area (Å²) in [6, 6.07) is 8.53. The van der Waals surface area contributed by atoms with E-state index in [1.54, 1.807) is 0 Å². The maximum Gasteiger partial charge on any atom is 0.306 e. The lowest BCUT2D eigenvalue weighted by atomic mass is 9.96. The SMILES string of the molecule is CC(C)Cc1ccc(CCC(=O)N2CCC(C(=O)O)CC2)cc1. The molecule has 1 N–H and O–H groups in total. The summed E-state index contributed by atoms with van der Waals surface area (Å²) in [6.07, 6.45) is 3.48. The number of rotatable bonds is 6. The van der Waals surface area contributed by atoms with Crippen molar-refractivity contribution in [1.29, 1.82) is 0 Å². The molecule has 126 valence electrons. The average molecular weight is 317 g/mol. The van der Waals surface area contributed by atoms with Gasteiger partial charge >= 0.3 is 5.97 Å². The molecule has 0 saturated carbocycles. The van der Waals surface area contributed by atoms with Crippen LogP contribution >= 0.6 is 0 Å². The third-order valence-electron chi connectivity index (χ3n) is 4.49. The van der Waals surface area contributed by atoms with Crippen molar-refractivity contribution in [3.63, 3.8) is 0 Å². The van der Waals surface area contributed by atoms with Gasteiger partial charge in [0, 0.05) is 19.5 Å². The summed E-state index contributed by atoms with van der Waals surface area (Å²) >= 11 is 0. The topological polar surface area (TPSA) is 57.6 Å². The van der Waals surface area contributed by atoms with Crippen LogP contribution in [0, 0.1) is 11.8 Å². The Hall–Kier alpha value is -1.84. The zero-order chi connectivity index (χ0) is 16.8. The maximum atomic E-state index is 12.2. The van der Waals surface area contributed by atoms with Gasteiger partial charge in [0.2, 0.25) is 5.91 Å². The number of nitrogens with zero attached hydrogens (tertiary/aromatic N) is 1. The molecule has 4 heteroatoms. The highest BCUT2D eigenvalue weighted by atomic mass is 16.4. The minimum atomic E-state index is -0.737. The number of benzene rings is 1. The van der Waals surface area contributed by atoms with E-state index in [1.807, 2.05) is 4.90 Å². The largest absolute Gasteiger partial charge is 0.481 e. The van der Waals surface area contributed by atoms with Crippen LogP contribution in [0.25, 0.3) is 0 Å². The van der Waals surface area contributed by atoms with Gasteiger partial charge in [-0.1, -0.05) is 38.1 Å². The summed E-state index contributed by atoms with van der Waals surface area (Å²) in [5.74, 6) is -0.234. The van der Waals surface area contributed by atoms with E-state index in [1.165, 1.54) is 11.1 Å². The summed E-state index contributed by atoms with van der Waals surface area (Å²) in [6.45, 7) is 5.56. The lowest BCUT2D eigenvalue weighted by Gasteiger charge is -2.30. The van der Waals surface area contributed by atoms with E-state index >= 15 is 0 Å². The number of hydrogen-bond donors (Lipinski definition) is 1. The summed E-state index contributed by atoms with van der Waals surface area (Å²) in [5, 5.41) is 8.99. The van der Waals surface area contributed by atoms with Crippen LogP contribution in [0.2, 0.25) is 0 Å². The smallest absolute Gasteiger partial charge is 0.306 e. The molecule has 0 atom stereocenters. The molecule has 1 saturated heterocycles. The first-order valence-corrected chi connectivity index (χ1v) is 8.54. The molecular weight excluding hydrogens is 290 g/mol. The Morgan fingerprint density at radius 1 is 1.13 bits per heavy atom. The number of carbonyl (C=O) groups is 2. The van der Waals surface area contributed by atoms with Crippen LogP contribution in [0.1, 0.15) is 44.2 Å². The van der Waals surface area contributed by atoms with Gasteiger partial charge in [0.15, 0.2) is 0 Å². The highest BCUT2D eigenvalue weighted by Gasteiger charge is 2.26. The van der Waals surface area contributed by atoms with Crippen molar-refractivity contribution in [2.45, 2.75) is 46.0 Å². The first-order chi connectivity index (χ1) is 11.0. The van der Waals surface area contributed by atoms with Crippen LogP contribution in [-0.2, 0) is 22.4 Å². The highest BCUT2D eigenvalue weighted by Crippen LogP contribution is 2.18. The van der Waals surface area contributed by atoms with E-state index < -0.39 is 5.97 Å². The molecule has 0 radical (unpaired) electrons. The van der Waals surface area contributed by atoms with E-state index in [4.69, 9.17) is 5.11 Å². The number of hydrogen-bond acceptors (Lipinski definition) is 2. The van der Waals surface area contributed by atoms with Crippen LogP contribution in [0.15, 0.2) is 24.3 Å². The summed E-state index contributed by atoms with van der Waals surface area (Å²) in [5.41, 5.74) is 2.53. The monoisotopic (exact) mass is 317 g/mol. The molecular formula is C19H27NO3. The number of aliphatic carboxylic acids is 1. The van der Waals surface area contributed by atoms with E-state index in [0.29, 0.717) is 38.3 Å². The zero-order valence-electron chi connectivity index (χ0n) is 14.1. The quantitative estimate of drug-likeness (QED) is 0.877. The molecule has 1 heterocycles. The second-order valence-electron chi connectivity index (χ2n) is 6.91. The molecule has 0 spiro atoms. The zero-order valence-corrected chi connectivity index (χ0v) is 14.1. The van der Waals surface area contributed by atoms with Gasteiger partial charge in [-0.15, -0.1) is 0 Å². The van der Waals surface area contributed by atoms with Gasteiger partial charge < -0.3 is 10.0 Å². The van der Waals surface area contributed by atoms with Gasteiger partial charge in [0.25, 0.3) is 0 Å². The predicted molar refractivity (Wildman–Crippen MR) is 90.2 cm³/mol. The van der Waals surface area contributed by atoms with Crippen LogP contribution in [-0.4, -0.2) is 35.0 Å². The van der Waals surface area contributed by atoms with Crippen molar-refractivity contribution in [1.82, 2.24) is 4.90 Å². The number of piperidine rings is 1. The van der Waals surface area contributed by atoms with Crippen molar-refractivity contribution < 1.29 is 14.7 Å². The normalized spacial score (nSPS) is 15.9. The Morgan fingerprint density at radius 2 is 1.70 bits per heavy atom. The maximum absolute atomic E-state index is 12.2. The molecule has 1 aromatic rings. The number of aryl methyl sites for hydroxylation is 1. The molecule has 0 unspecified atom stereocenters. The fourth-order valence-electron chi connectivity index (χ4n) is 3.10. The van der Waals surface area contributed by atoms with Crippen LogP contribution in [0.5, 0.6) is 0 Å². The molecule has 23 heavy (non-hydrogen) atoms. The molecule has 1 fully saturated rings. The van der Waals surface area contributed by atoms with Crippen molar-refractivity contribution in [3.8, 4) is 0 Å². The third-order valence-corrected chi connectivity index (χ3v) is 4.49. The second kappa shape index (κ2) is 8.14. The molecule has 1 aliphatic heterocycles. The predicted octanol–water partition coefficient (Wildman–Crippen LogP) is 3.14. The van der Waals surface area contributed by atoms with E-state index in [-0.39, 0.29) is 11.8 Å². The molecule has 0 aromatic heterocycles. The van der Waals surface area contributed by atoms with Crippen molar-refractivity contribution in [2.24, 2.45) is 11.8 Å². The van der Waals surface area contributed by atoms with Crippen LogP contribution in [0.3, 0.4) is 0 Å². The Kier molecular flexibility index (Phi) is 6.20. The average Bonchev–Trinajstić information content (AvgIpc) is 2.53. The van der Waals surface area contributed by atoms with Crippen molar-refractivity contribution in [3.05, 3.63) is 35.4 Å². The van der Waals surface area contributed by atoms with Crippen LogP contribution < -0.4 is 0 Å². The minimum Gasteiger partial charge on any atom is -0.481 e. The second-order valence-corrected chi connectivity index (χ2v) is 6.91. The molecule has 1 aliphatic rings. The van der Waals surface area contributed by atoms with Crippen molar-refractivity contribution >= 4 is 11.9 Å². The fourth-order valence-corrected chi connectivity index (χ4v) is 3.10. The molecule has 2 rings (SSSR count). The number of carbonyl (C=O) groups excluding carboxylic acids is 1. The van der Waals surface area contributed by atoms with Gasteiger partial charge in [-0.3, -0.25) is 9.59 Å². The third kappa shape index (κ3) is 5.38. The highest BCUT2D eigenvalue weighted by molar-refractivity contribution is 5.77. The Morgan fingerprint density at radius 3 is 2.22 bits per heavy atom. The van der Waals surface area contributed by atoms with Gasteiger partial charge in [-0.05, 0) is 42.7 Å². The fraction of sp³-hybridized carbons (Fsp3) is 0.579. The summed E-state index contributed by atoms with van der Waals surface area (Å²) in [7, 11) is 0. The van der Waals surface area contributed by atoms with Crippen LogP contribution in [0.4, 0.5) is 0 Å². The standard InChI is InChI=1S/C19H27NO3/c1-14(2)13-16-5-3-15(4-6-16)7-8-18(21)20-11-9-17(10-12-20)19(22)23/h3-6,14,17H,7-13H2,1-2H3,(H,22,23). The van der Waals surface area contributed by atoms with Gasteiger partial charge in [-0.2, -0.15) is 0 Å². The first kappa shape index (κ1) is 17.5. The van der Waals surface area contributed by atoms with E-state index in [0.717, 1.165) is 12.8 Å². The minimum absolute atomic E-state index is 0.139. The van der Waals surface area contributed by atoms with Gasteiger partial charge in [-0.25, -0.2) is 0 Å².